The van der Waals surface area contributed by atoms with Crippen molar-refractivity contribution in [2.75, 3.05) is 18.1 Å². The summed E-state index contributed by atoms with van der Waals surface area (Å²) in [6, 6.07) is 9.44. The van der Waals surface area contributed by atoms with Crippen molar-refractivity contribution in [3.05, 3.63) is 48.0 Å². The highest BCUT2D eigenvalue weighted by Crippen LogP contribution is 2.29. The molecule has 1 aliphatic rings. The summed E-state index contributed by atoms with van der Waals surface area (Å²) in [4.78, 5) is 0. The summed E-state index contributed by atoms with van der Waals surface area (Å²) < 4.78 is 0. The summed E-state index contributed by atoms with van der Waals surface area (Å²) in [5.41, 5.74) is 3.06. The first-order chi connectivity index (χ1) is 8.42. The van der Waals surface area contributed by atoms with Gasteiger partial charge in [0.2, 0.25) is 0 Å². The molecule has 0 aromatic heterocycles. The Morgan fingerprint density at radius 3 is 3.18 bits per heavy atom. The molecule has 1 aliphatic carbocycles. The molecule has 0 saturated heterocycles. The van der Waals surface area contributed by atoms with Gasteiger partial charge in [0, 0.05) is 24.1 Å². The van der Waals surface area contributed by atoms with Crippen molar-refractivity contribution < 1.29 is 0 Å². The lowest BCUT2D eigenvalue weighted by Crippen LogP contribution is -2.27. The van der Waals surface area contributed by atoms with Gasteiger partial charge in [-0.1, -0.05) is 30.3 Å². The molecular formula is C15H21NS. The van der Waals surface area contributed by atoms with Gasteiger partial charge in [0.05, 0.1) is 0 Å². The molecule has 1 N–H and O–H groups in total. The Morgan fingerprint density at radius 2 is 2.29 bits per heavy atom. The highest BCUT2D eigenvalue weighted by atomic mass is 32.2. The standard InChI is InChI=1S/C15H21NS/c1-2-11-17-12-10-16-15-9-5-7-13-6-3-4-8-14(13)15/h2-4,6,8,15-16H,1,5,7,9-12H2. The SMILES string of the molecule is C=CCSCCNC1CCCc2ccccc21. The number of nitrogens with one attached hydrogen (secondary N) is 1. The highest BCUT2D eigenvalue weighted by Gasteiger charge is 2.18. The number of fused-ring (bicyclic) bond motifs is 1. The van der Waals surface area contributed by atoms with E-state index in [9.17, 15) is 0 Å². The van der Waals surface area contributed by atoms with Crippen LogP contribution in [0.25, 0.3) is 0 Å². The molecule has 1 unspecified atom stereocenters. The van der Waals surface area contributed by atoms with E-state index in [0.29, 0.717) is 6.04 Å². The third-order valence-electron chi connectivity index (χ3n) is 3.24. The zero-order valence-electron chi connectivity index (χ0n) is 10.3. The third-order valence-corrected chi connectivity index (χ3v) is 4.21. The normalized spacial score (nSPS) is 18.7. The van der Waals surface area contributed by atoms with E-state index in [0.717, 1.165) is 12.3 Å². The predicted octanol–water partition coefficient (Wildman–Crippen LogP) is 3.57. The maximum absolute atomic E-state index is 3.74. The van der Waals surface area contributed by atoms with Crippen molar-refractivity contribution in [1.82, 2.24) is 5.32 Å². The first kappa shape index (κ1) is 12.7. The molecule has 0 fully saturated rings. The first-order valence-electron chi connectivity index (χ1n) is 6.41. The van der Waals surface area contributed by atoms with E-state index in [1.54, 1.807) is 0 Å². The molecule has 2 heteroatoms. The van der Waals surface area contributed by atoms with Gasteiger partial charge in [-0.05, 0) is 30.4 Å². The summed E-state index contributed by atoms with van der Waals surface area (Å²) in [7, 11) is 0. The molecule has 1 nitrogen and oxygen atoms in total. The largest absolute Gasteiger partial charge is 0.309 e. The minimum Gasteiger partial charge on any atom is -0.309 e. The molecule has 0 radical (unpaired) electrons. The van der Waals surface area contributed by atoms with Crippen LogP contribution >= 0.6 is 11.8 Å². The van der Waals surface area contributed by atoms with Crippen LogP contribution in [-0.2, 0) is 6.42 Å². The van der Waals surface area contributed by atoms with Crippen LogP contribution in [-0.4, -0.2) is 18.1 Å². The number of benzene rings is 1. The second-order valence-electron chi connectivity index (χ2n) is 4.46. The Balaban J connectivity index is 1.84. The van der Waals surface area contributed by atoms with Crippen LogP contribution in [0.15, 0.2) is 36.9 Å². The molecule has 1 aromatic rings. The van der Waals surface area contributed by atoms with Gasteiger partial charge in [-0.3, -0.25) is 0 Å². The van der Waals surface area contributed by atoms with Crippen molar-refractivity contribution in [2.24, 2.45) is 0 Å². The maximum Gasteiger partial charge on any atom is 0.0323 e. The lowest BCUT2D eigenvalue weighted by Gasteiger charge is -2.26. The van der Waals surface area contributed by atoms with Crippen LogP contribution in [0.4, 0.5) is 0 Å². The fraction of sp³-hybridized carbons (Fsp3) is 0.467. The molecule has 92 valence electrons. The van der Waals surface area contributed by atoms with E-state index < -0.39 is 0 Å². The Hall–Kier alpha value is -0.730. The van der Waals surface area contributed by atoms with E-state index in [-0.39, 0.29) is 0 Å². The zero-order chi connectivity index (χ0) is 11.9. The molecule has 0 saturated carbocycles. The fourth-order valence-electron chi connectivity index (χ4n) is 2.44. The Kier molecular flexibility index (Phi) is 5.14. The Morgan fingerprint density at radius 1 is 1.41 bits per heavy atom. The van der Waals surface area contributed by atoms with Crippen molar-refractivity contribution in [3.8, 4) is 0 Å². The van der Waals surface area contributed by atoms with Gasteiger partial charge in [0.1, 0.15) is 0 Å². The summed E-state index contributed by atoms with van der Waals surface area (Å²) in [6.07, 6.45) is 5.82. The van der Waals surface area contributed by atoms with Gasteiger partial charge in [0.15, 0.2) is 0 Å². The summed E-state index contributed by atoms with van der Waals surface area (Å²) in [6.45, 7) is 4.83. The van der Waals surface area contributed by atoms with Crippen LogP contribution in [0, 0.1) is 0 Å². The molecule has 0 heterocycles. The lowest BCUT2D eigenvalue weighted by atomic mass is 9.88. The molecule has 1 aromatic carbocycles. The van der Waals surface area contributed by atoms with Crippen molar-refractivity contribution >= 4 is 11.8 Å². The van der Waals surface area contributed by atoms with E-state index in [2.05, 4.69) is 36.2 Å². The number of thioether (sulfide) groups is 1. The second-order valence-corrected chi connectivity index (χ2v) is 5.61. The van der Waals surface area contributed by atoms with Crippen molar-refractivity contribution in [1.29, 1.82) is 0 Å². The van der Waals surface area contributed by atoms with Gasteiger partial charge in [0.25, 0.3) is 0 Å². The van der Waals surface area contributed by atoms with Crippen molar-refractivity contribution in [3.63, 3.8) is 0 Å². The highest BCUT2D eigenvalue weighted by molar-refractivity contribution is 7.99. The van der Waals surface area contributed by atoms with Crippen LogP contribution in [0.1, 0.15) is 30.0 Å². The lowest BCUT2D eigenvalue weighted by molar-refractivity contribution is 0.473. The fourth-order valence-corrected chi connectivity index (χ4v) is 3.03. The van der Waals surface area contributed by atoms with Gasteiger partial charge >= 0.3 is 0 Å². The molecular weight excluding hydrogens is 226 g/mol. The molecule has 17 heavy (non-hydrogen) atoms. The van der Waals surface area contributed by atoms with Crippen LogP contribution in [0.3, 0.4) is 0 Å². The predicted molar refractivity (Wildman–Crippen MR) is 77.6 cm³/mol. The van der Waals surface area contributed by atoms with Gasteiger partial charge in [-0.15, -0.1) is 6.58 Å². The molecule has 0 amide bonds. The number of aryl methyl sites for hydroxylation is 1. The number of rotatable bonds is 6. The van der Waals surface area contributed by atoms with E-state index in [1.165, 1.54) is 36.1 Å². The van der Waals surface area contributed by atoms with Crippen molar-refractivity contribution in [2.45, 2.75) is 25.3 Å². The van der Waals surface area contributed by atoms with Crippen LogP contribution in [0.5, 0.6) is 0 Å². The number of hydrogen-bond acceptors (Lipinski definition) is 2. The van der Waals surface area contributed by atoms with Crippen LogP contribution < -0.4 is 5.32 Å². The monoisotopic (exact) mass is 247 g/mol. The molecule has 1 atom stereocenters. The molecule has 0 bridgehead atoms. The summed E-state index contributed by atoms with van der Waals surface area (Å²) in [5, 5.41) is 3.68. The van der Waals surface area contributed by atoms with Crippen LogP contribution in [0.2, 0.25) is 0 Å². The summed E-state index contributed by atoms with van der Waals surface area (Å²) in [5.74, 6) is 2.23. The average molecular weight is 247 g/mol. The molecule has 0 spiro atoms. The van der Waals surface area contributed by atoms with Gasteiger partial charge < -0.3 is 5.32 Å². The van der Waals surface area contributed by atoms with E-state index in [4.69, 9.17) is 0 Å². The molecule has 2 rings (SSSR count). The topological polar surface area (TPSA) is 12.0 Å². The number of hydrogen-bond donors (Lipinski definition) is 1. The Labute approximate surface area is 109 Å². The first-order valence-corrected chi connectivity index (χ1v) is 7.57. The minimum absolute atomic E-state index is 0.573. The summed E-state index contributed by atoms with van der Waals surface area (Å²) >= 11 is 1.94. The quantitative estimate of drug-likeness (QED) is 0.609. The van der Waals surface area contributed by atoms with Gasteiger partial charge in [-0.25, -0.2) is 0 Å². The smallest absolute Gasteiger partial charge is 0.0323 e. The van der Waals surface area contributed by atoms with Gasteiger partial charge in [-0.2, -0.15) is 11.8 Å². The maximum atomic E-state index is 3.74. The van der Waals surface area contributed by atoms with E-state index >= 15 is 0 Å². The van der Waals surface area contributed by atoms with E-state index in [1.807, 2.05) is 17.8 Å². The Bertz CT molecular complexity index is 362. The average Bonchev–Trinajstić information content (AvgIpc) is 2.39. The second kappa shape index (κ2) is 6.87. The minimum atomic E-state index is 0.573. The zero-order valence-corrected chi connectivity index (χ0v) is 11.1. The molecule has 0 aliphatic heterocycles. The third kappa shape index (κ3) is 3.62.